The number of nitrogens with one attached hydrogen (secondary N) is 1. The Labute approximate surface area is 137 Å². The fourth-order valence-electron chi connectivity index (χ4n) is 2.01. The number of aromatic nitrogens is 2. The molecule has 1 aromatic carbocycles. The number of Topliss-reactive ketones (excluding diaryl/α,β-unsaturated/α-hetero) is 1. The van der Waals surface area contributed by atoms with E-state index in [0.717, 1.165) is 10.6 Å². The van der Waals surface area contributed by atoms with Gasteiger partial charge in [-0.2, -0.15) is 0 Å². The normalized spacial score (nSPS) is 10.3. The fraction of sp³-hybridized carbons (Fsp3) is 0.0588. The molecule has 0 bridgehead atoms. The summed E-state index contributed by atoms with van der Waals surface area (Å²) in [5.41, 5.74) is 2.33. The molecule has 1 N–H and O–H groups in total. The third kappa shape index (κ3) is 3.49. The van der Waals surface area contributed by atoms with E-state index in [0.29, 0.717) is 16.9 Å². The van der Waals surface area contributed by atoms with Crippen LogP contribution in [-0.4, -0.2) is 21.7 Å². The van der Waals surface area contributed by atoms with Crippen LogP contribution in [0.15, 0.2) is 54.2 Å². The average molecular weight is 323 g/mol. The van der Waals surface area contributed by atoms with Crippen LogP contribution in [0.3, 0.4) is 0 Å². The van der Waals surface area contributed by atoms with Crippen LogP contribution in [0, 0.1) is 0 Å². The quantitative estimate of drug-likeness (QED) is 0.744. The van der Waals surface area contributed by atoms with E-state index in [1.54, 1.807) is 42.0 Å². The van der Waals surface area contributed by atoms with Crippen LogP contribution in [-0.2, 0) is 0 Å². The van der Waals surface area contributed by atoms with Crippen molar-refractivity contribution in [3.05, 3.63) is 65.4 Å². The second-order valence-corrected chi connectivity index (χ2v) is 5.73. The van der Waals surface area contributed by atoms with E-state index in [-0.39, 0.29) is 11.7 Å². The van der Waals surface area contributed by atoms with E-state index < -0.39 is 0 Å². The molecule has 0 saturated heterocycles. The maximum absolute atomic E-state index is 12.3. The number of ketones is 1. The Bertz CT molecular complexity index is 859. The monoisotopic (exact) mass is 323 g/mol. The molecule has 0 aliphatic rings. The molecule has 6 heteroatoms. The molecular formula is C17H13N3O2S. The number of carbonyl (C=O) groups excluding carboxylic acids is 2. The molecule has 3 rings (SSSR count). The number of rotatable bonds is 4. The van der Waals surface area contributed by atoms with Crippen LogP contribution < -0.4 is 5.32 Å². The van der Waals surface area contributed by atoms with Gasteiger partial charge >= 0.3 is 0 Å². The third-order valence-electron chi connectivity index (χ3n) is 3.17. The lowest BCUT2D eigenvalue weighted by Crippen LogP contribution is -2.12. The summed E-state index contributed by atoms with van der Waals surface area (Å²) >= 11 is 1.38. The Morgan fingerprint density at radius 1 is 1.17 bits per heavy atom. The number of anilines is 1. The predicted octanol–water partition coefficient (Wildman–Crippen LogP) is 3.66. The molecule has 3 aromatic rings. The summed E-state index contributed by atoms with van der Waals surface area (Å²) in [7, 11) is 0. The Morgan fingerprint density at radius 2 is 2.04 bits per heavy atom. The van der Waals surface area contributed by atoms with Crippen molar-refractivity contribution in [2.45, 2.75) is 6.92 Å². The lowest BCUT2D eigenvalue weighted by Gasteiger charge is -2.04. The van der Waals surface area contributed by atoms with Crippen molar-refractivity contribution in [2.75, 3.05) is 5.32 Å². The minimum atomic E-state index is -0.308. The van der Waals surface area contributed by atoms with Crippen molar-refractivity contribution in [2.24, 2.45) is 0 Å². The number of thiazole rings is 1. The van der Waals surface area contributed by atoms with Crippen LogP contribution >= 0.6 is 11.3 Å². The van der Waals surface area contributed by atoms with Crippen molar-refractivity contribution < 1.29 is 9.59 Å². The standard InChI is InChI=1S/C17H13N3O2S/c1-11(21)12-4-2-6-14(8-12)19-16(22)15-10-23-17(20-15)13-5-3-7-18-9-13/h2-10H,1H3,(H,19,22). The fourth-order valence-corrected chi connectivity index (χ4v) is 2.80. The molecule has 0 atom stereocenters. The zero-order valence-corrected chi connectivity index (χ0v) is 13.1. The van der Waals surface area contributed by atoms with E-state index in [9.17, 15) is 9.59 Å². The number of amides is 1. The molecule has 0 fully saturated rings. The molecule has 0 aliphatic heterocycles. The zero-order chi connectivity index (χ0) is 16.2. The highest BCUT2D eigenvalue weighted by Gasteiger charge is 2.12. The van der Waals surface area contributed by atoms with Crippen molar-refractivity contribution in [3.8, 4) is 10.6 Å². The van der Waals surface area contributed by atoms with Gasteiger partial charge in [-0.1, -0.05) is 12.1 Å². The Kier molecular flexibility index (Phi) is 4.25. The van der Waals surface area contributed by atoms with Gasteiger partial charge in [-0.15, -0.1) is 11.3 Å². The Balaban J connectivity index is 1.78. The van der Waals surface area contributed by atoms with Gasteiger partial charge in [0.2, 0.25) is 0 Å². The number of nitrogens with zero attached hydrogens (tertiary/aromatic N) is 2. The van der Waals surface area contributed by atoms with Crippen LogP contribution in [0.1, 0.15) is 27.8 Å². The summed E-state index contributed by atoms with van der Waals surface area (Å²) < 4.78 is 0. The Morgan fingerprint density at radius 3 is 2.78 bits per heavy atom. The molecule has 2 aromatic heterocycles. The van der Waals surface area contributed by atoms with Crippen LogP contribution in [0.2, 0.25) is 0 Å². The first-order valence-corrected chi connectivity index (χ1v) is 7.80. The number of pyridine rings is 1. The third-order valence-corrected chi connectivity index (χ3v) is 4.06. The van der Waals surface area contributed by atoms with Gasteiger partial charge in [0.05, 0.1) is 0 Å². The van der Waals surface area contributed by atoms with Gasteiger partial charge in [-0.3, -0.25) is 14.6 Å². The second-order valence-electron chi connectivity index (χ2n) is 4.87. The van der Waals surface area contributed by atoms with Gasteiger partial charge in [-0.25, -0.2) is 4.98 Å². The predicted molar refractivity (Wildman–Crippen MR) is 89.7 cm³/mol. The minimum absolute atomic E-state index is 0.0476. The molecule has 5 nitrogen and oxygen atoms in total. The summed E-state index contributed by atoms with van der Waals surface area (Å²) in [4.78, 5) is 32.0. The number of carbonyl (C=O) groups is 2. The van der Waals surface area contributed by atoms with Gasteiger partial charge in [0.15, 0.2) is 5.78 Å². The topological polar surface area (TPSA) is 72.0 Å². The van der Waals surface area contributed by atoms with Crippen molar-refractivity contribution >= 4 is 28.7 Å². The summed E-state index contributed by atoms with van der Waals surface area (Å²) in [6.07, 6.45) is 3.39. The number of hydrogen-bond acceptors (Lipinski definition) is 5. The molecule has 0 spiro atoms. The first-order valence-electron chi connectivity index (χ1n) is 6.92. The van der Waals surface area contributed by atoms with Gasteiger partial charge in [0, 0.05) is 34.6 Å². The smallest absolute Gasteiger partial charge is 0.275 e. The van der Waals surface area contributed by atoms with Crippen molar-refractivity contribution in [3.63, 3.8) is 0 Å². The van der Waals surface area contributed by atoms with Crippen LogP contribution in [0.4, 0.5) is 5.69 Å². The van der Waals surface area contributed by atoms with E-state index in [1.165, 1.54) is 18.3 Å². The molecule has 2 heterocycles. The number of hydrogen-bond donors (Lipinski definition) is 1. The molecule has 0 unspecified atom stereocenters. The first kappa shape index (κ1) is 15.1. The zero-order valence-electron chi connectivity index (χ0n) is 12.3. The summed E-state index contributed by atoms with van der Waals surface area (Å²) in [5.74, 6) is -0.356. The van der Waals surface area contributed by atoms with E-state index in [4.69, 9.17) is 0 Å². The molecule has 23 heavy (non-hydrogen) atoms. The lowest BCUT2D eigenvalue weighted by atomic mass is 10.1. The van der Waals surface area contributed by atoms with E-state index in [1.807, 2.05) is 12.1 Å². The van der Waals surface area contributed by atoms with Gasteiger partial charge in [-0.05, 0) is 31.2 Å². The van der Waals surface area contributed by atoms with Crippen molar-refractivity contribution in [1.82, 2.24) is 9.97 Å². The Hall–Kier alpha value is -2.86. The molecule has 1 amide bonds. The maximum atomic E-state index is 12.3. The first-order chi connectivity index (χ1) is 11.1. The van der Waals surface area contributed by atoms with Gasteiger partial charge in [0.25, 0.3) is 5.91 Å². The number of benzene rings is 1. The SMILES string of the molecule is CC(=O)c1cccc(NC(=O)c2csc(-c3cccnc3)n2)c1. The molecular weight excluding hydrogens is 310 g/mol. The summed E-state index contributed by atoms with van der Waals surface area (Å²) in [5, 5.41) is 5.19. The lowest BCUT2D eigenvalue weighted by molar-refractivity contribution is 0.100. The largest absolute Gasteiger partial charge is 0.321 e. The van der Waals surface area contributed by atoms with Crippen LogP contribution in [0.5, 0.6) is 0 Å². The molecule has 0 radical (unpaired) electrons. The minimum Gasteiger partial charge on any atom is -0.321 e. The highest BCUT2D eigenvalue weighted by molar-refractivity contribution is 7.13. The molecule has 114 valence electrons. The molecule has 0 saturated carbocycles. The highest BCUT2D eigenvalue weighted by Crippen LogP contribution is 2.23. The average Bonchev–Trinajstić information content (AvgIpc) is 3.06. The van der Waals surface area contributed by atoms with Gasteiger partial charge in [0.1, 0.15) is 10.7 Å². The molecule has 0 aliphatic carbocycles. The summed E-state index contributed by atoms with van der Waals surface area (Å²) in [6.45, 7) is 1.49. The van der Waals surface area contributed by atoms with E-state index >= 15 is 0 Å². The van der Waals surface area contributed by atoms with Crippen LogP contribution in [0.25, 0.3) is 10.6 Å². The second kappa shape index (κ2) is 6.50. The highest BCUT2D eigenvalue weighted by atomic mass is 32.1. The van der Waals surface area contributed by atoms with E-state index in [2.05, 4.69) is 15.3 Å². The summed E-state index contributed by atoms with van der Waals surface area (Å²) in [6, 6.07) is 10.5. The maximum Gasteiger partial charge on any atom is 0.275 e. The van der Waals surface area contributed by atoms with Crippen molar-refractivity contribution in [1.29, 1.82) is 0 Å². The van der Waals surface area contributed by atoms with Gasteiger partial charge < -0.3 is 5.32 Å².